The van der Waals surface area contributed by atoms with Gasteiger partial charge in [-0.2, -0.15) is 0 Å². The van der Waals surface area contributed by atoms with Crippen LogP contribution in [0.1, 0.15) is 0 Å². The molecule has 0 aliphatic rings. The molecule has 2 aromatic rings. The molecule has 112 valence electrons. The van der Waals surface area contributed by atoms with Crippen molar-refractivity contribution in [3.63, 3.8) is 0 Å². The summed E-state index contributed by atoms with van der Waals surface area (Å²) in [7, 11) is -0.692. The van der Waals surface area contributed by atoms with Gasteiger partial charge >= 0.3 is 0 Å². The number of methoxy groups -OCH3 is 2. The van der Waals surface area contributed by atoms with E-state index in [0.717, 1.165) is 4.47 Å². The molecule has 0 radical (unpaired) electrons. The van der Waals surface area contributed by atoms with Gasteiger partial charge in [0.2, 0.25) is 0 Å². The maximum Gasteiger partial charge on any atom is 0.262 e. The zero-order chi connectivity index (χ0) is 15.5. The van der Waals surface area contributed by atoms with Crippen LogP contribution in [0.2, 0.25) is 0 Å². The second-order valence-corrected chi connectivity index (χ2v) is 6.72. The van der Waals surface area contributed by atoms with E-state index in [4.69, 9.17) is 9.47 Å². The Balaban J connectivity index is 2.34. The van der Waals surface area contributed by atoms with Crippen LogP contribution in [0.15, 0.2) is 51.8 Å². The average Bonchev–Trinajstić information content (AvgIpc) is 2.47. The van der Waals surface area contributed by atoms with Crippen LogP contribution in [0.4, 0.5) is 5.69 Å². The Labute approximate surface area is 132 Å². The number of hydrogen-bond acceptors (Lipinski definition) is 4. The zero-order valence-electron chi connectivity index (χ0n) is 11.5. The van der Waals surface area contributed by atoms with E-state index in [9.17, 15) is 8.42 Å². The van der Waals surface area contributed by atoms with Crippen LogP contribution in [0.3, 0.4) is 0 Å². The monoisotopic (exact) mass is 371 g/mol. The number of halogens is 1. The van der Waals surface area contributed by atoms with Crippen molar-refractivity contribution < 1.29 is 17.9 Å². The van der Waals surface area contributed by atoms with E-state index >= 15 is 0 Å². The standard InChI is InChI=1S/C14H14BrNO4S/c1-19-11-4-6-12(7-5-11)21(17,18)16-13-9-10(15)3-8-14(13)20-2/h3-9,16H,1-2H3. The van der Waals surface area contributed by atoms with Crippen molar-refractivity contribution in [1.29, 1.82) is 0 Å². The molecule has 21 heavy (non-hydrogen) atoms. The highest BCUT2D eigenvalue weighted by Gasteiger charge is 2.16. The van der Waals surface area contributed by atoms with Crippen LogP contribution >= 0.6 is 15.9 Å². The first-order chi connectivity index (χ1) is 9.96. The fraction of sp³-hybridized carbons (Fsp3) is 0.143. The zero-order valence-corrected chi connectivity index (χ0v) is 13.9. The first-order valence-corrected chi connectivity index (χ1v) is 8.24. The third kappa shape index (κ3) is 3.68. The van der Waals surface area contributed by atoms with Crippen molar-refractivity contribution >= 4 is 31.6 Å². The molecule has 0 saturated heterocycles. The first-order valence-electron chi connectivity index (χ1n) is 5.96. The molecule has 0 spiro atoms. The normalized spacial score (nSPS) is 11.0. The highest BCUT2D eigenvalue weighted by atomic mass is 79.9. The minimum atomic E-state index is -3.69. The topological polar surface area (TPSA) is 64.6 Å². The summed E-state index contributed by atoms with van der Waals surface area (Å²) in [6, 6.07) is 11.2. The van der Waals surface area contributed by atoms with Crippen molar-refractivity contribution in [3.05, 3.63) is 46.9 Å². The van der Waals surface area contributed by atoms with Gasteiger partial charge in [0.05, 0.1) is 24.8 Å². The summed E-state index contributed by atoms with van der Waals surface area (Å²) in [5.41, 5.74) is 0.364. The molecule has 0 aromatic heterocycles. The van der Waals surface area contributed by atoms with Gasteiger partial charge in [-0.1, -0.05) is 15.9 Å². The molecule has 0 aliphatic heterocycles. The Morgan fingerprint density at radius 3 is 2.24 bits per heavy atom. The highest BCUT2D eigenvalue weighted by molar-refractivity contribution is 9.10. The van der Waals surface area contributed by atoms with E-state index in [1.54, 1.807) is 30.3 Å². The van der Waals surface area contributed by atoms with Crippen molar-refractivity contribution in [3.8, 4) is 11.5 Å². The van der Waals surface area contributed by atoms with Crippen LogP contribution < -0.4 is 14.2 Å². The summed E-state index contributed by atoms with van der Waals surface area (Å²) in [6.07, 6.45) is 0. The van der Waals surface area contributed by atoms with Gasteiger partial charge in [-0.3, -0.25) is 4.72 Å². The van der Waals surface area contributed by atoms with E-state index in [0.29, 0.717) is 17.2 Å². The van der Waals surface area contributed by atoms with E-state index in [1.807, 2.05) is 0 Å². The second-order valence-electron chi connectivity index (χ2n) is 4.13. The van der Waals surface area contributed by atoms with Crippen LogP contribution in [0.25, 0.3) is 0 Å². The summed E-state index contributed by atoms with van der Waals surface area (Å²) in [5.74, 6) is 1.03. The van der Waals surface area contributed by atoms with Gasteiger partial charge in [-0.05, 0) is 42.5 Å². The van der Waals surface area contributed by atoms with Gasteiger partial charge < -0.3 is 9.47 Å². The maximum absolute atomic E-state index is 12.4. The Morgan fingerprint density at radius 2 is 1.67 bits per heavy atom. The van der Waals surface area contributed by atoms with E-state index in [-0.39, 0.29) is 4.90 Å². The lowest BCUT2D eigenvalue weighted by Crippen LogP contribution is -2.13. The van der Waals surface area contributed by atoms with Crippen molar-refractivity contribution in [2.75, 3.05) is 18.9 Å². The van der Waals surface area contributed by atoms with Crippen molar-refractivity contribution in [2.45, 2.75) is 4.90 Å². The summed E-state index contributed by atoms with van der Waals surface area (Å²) in [6.45, 7) is 0. The van der Waals surface area contributed by atoms with Crippen molar-refractivity contribution in [2.24, 2.45) is 0 Å². The number of rotatable bonds is 5. The fourth-order valence-corrected chi connectivity index (χ4v) is 3.14. The summed E-state index contributed by atoms with van der Waals surface area (Å²) in [5, 5.41) is 0. The maximum atomic E-state index is 12.4. The Hall–Kier alpha value is -1.73. The van der Waals surface area contributed by atoms with Crippen LogP contribution in [0, 0.1) is 0 Å². The molecule has 0 amide bonds. The van der Waals surface area contributed by atoms with Gasteiger partial charge in [-0.25, -0.2) is 8.42 Å². The minimum absolute atomic E-state index is 0.144. The molecule has 0 heterocycles. The lowest BCUT2D eigenvalue weighted by molar-refractivity contribution is 0.414. The minimum Gasteiger partial charge on any atom is -0.497 e. The molecule has 1 N–H and O–H groups in total. The number of nitrogens with one attached hydrogen (secondary N) is 1. The quantitative estimate of drug-likeness (QED) is 0.875. The largest absolute Gasteiger partial charge is 0.497 e. The molecule has 7 heteroatoms. The van der Waals surface area contributed by atoms with Gasteiger partial charge in [0, 0.05) is 4.47 Å². The molecule has 0 unspecified atom stereocenters. The lowest BCUT2D eigenvalue weighted by Gasteiger charge is -2.12. The van der Waals surface area contributed by atoms with Crippen LogP contribution in [-0.2, 0) is 10.0 Å². The van der Waals surface area contributed by atoms with Crippen LogP contribution in [-0.4, -0.2) is 22.6 Å². The Bertz CT molecular complexity index is 729. The number of sulfonamides is 1. The second kappa shape index (κ2) is 6.36. The summed E-state index contributed by atoms with van der Waals surface area (Å²) in [4.78, 5) is 0.144. The van der Waals surface area contributed by atoms with E-state index < -0.39 is 10.0 Å². The molecule has 0 atom stereocenters. The van der Waals surface area contributed by atoms with Crippen molar-refractivity contribution in [1.82, 2.24) is 0 Å². The molecule has 0 aliphatic carbocycles. The van der Waals surface area contributed by atoms with Crippen LogP contribution in [0.5, 0.6) is 11.5 Å². The molecule has 0 bridgehead atoms. The first kappa shape index (κ1) is 15.7. The fourth-order valence-electron chi connectivity index (χ4n) is 1.72. The molecular weight excluding hydrogens is 358 g/mol. The number of benzene rings is 2. The average molecular weight is 372 g/mol. The number of hydrogen-bond donors (Lipinski definition) is 1. The highest BCUT2D eigenvalue weighted by Crippen LogP contribution is 2.30. The molecule has 0 fully saturated rings. The van der Waals surface area contributed by atoms with Gasteiger partial charge in [0.15, 0.2) is 0 Å². The molecule has 2 rings (SSSR count). The predicted molar refractivity (Wildman–Crippen MR) is 84.5 cm³/mol. The SMILES string of the molecule is COc1ccc(S(=O)(=O)Nc2cc(Br)ccc2OC)cc1. The molecule has 2 aromatic carbocycles. The van der Waals surface area contributed by atoms with Gasteiger partial charge in [0.25, 0.3) is 10.0 Å². The lowest BCUT2D eigenvalue weighted by atomic mass is 10.3. The summed E-state index contributed by atoms with van der Waals surface area (Å²) < 4.78 is 38.1. The van der Waals surface area contributed by atoms with Gasteiger partial charge in [-0.15, -0.1) is 0 Å². The molecule has 5 nitrogen and oxygen atoms in total. The Morgan fingerprint density at radius 1 is 1.00 bits per heavy atom. The van der Waals surface area contributed by atoms with E-state index in [1.165, 1.54) is 26.4 Å². The van der Waals surface area contributed by atoms with Gasteiger partial charge in [0.1, 0.15) is 11.5 Å². The summed E-state index contributed by atoms with van der Waals surface area (Å²) >= 11 is 3.30. The third-order valence-corrected chi connectivity index (χ3v) is 4.65. The Kier molecular flexibility index (Phi) is 4.74. The number of ether oxygens (including phenoxy) is 2. The molecular formula is C14H14BrNO4S. The predicted octanol–water partition coefficient (Wildman–Crippen LogP) is 3.27. The third-order valence-electron chi connectivity index (χ3n) is 2.78. The van der Waals surface area contributed by atoms with E-state index in [2.05, 4.69) is 20.7 Å². The molecule has 0 saturated carbocycles. The number of anilines is 1. The smallest absolute Gasteiger partial charge is 0.262 e.